The minimum Gasteiger partial charge on any atom is -0.479 e. The van der Waals surface area contributed by atoms with Crippen molar-refractivity contribution < 1.29 is 58.2 Å². The highest BCUT2D eigenvalue weighted by Gasteiger charge is 2.50. The third kappa shape index (κ3) is 35.6. The van der Waals surface area contributed by atoms with Crippen LogP contribution < -0.4 is 0 Å². The van der Waals surface area contributed by atoms with Gasteiger partial charge >= 0.3 is 23.9 Å². The first kappa shape index (κ1) is 62.9. The first-order chi connectivity index (χ1) is 33.6. The van der Waals surface area contributed by atoms with E-state index in [0.717, 1.165) is 116 Å². The van der Waals surface area contributed by atoms with Crippen LogP contribution in [0.2, 0.25) is 0 Å². The number of hydrogen-bond donors (Lipinski definition) is 3. The van der Waals surface area contributed by atoms with E-state index in [1.165, 1.54) is 25.7 Å². The molecule has 3 N–H and O–H groups in total. The van der Waals surface area contributed by atoms with Gasteiger partial charge in [0.25, 0.3) is 0 Å². The molecule has 12 nitrogen and oxygen atoms in total. The maximum Gasteiger partial charge on any atom is 0.335 e. The molecule has 1 fully saturated rings. The molecular formula is C57H92O12. The predicted octanol–water partition coefficient (Wildman–Crippen LogP) is 12.8. The first-order valence-electron chi connectivity index (χ1n) is 26.6. The van der Waals surface area contributed by atoms with Crippen molar-refractivity contribution in [3.63, 3.8) is 0 Å². The largest absolute Gasteiger partial charge is 0.479 e. The van der Waals surface area contributed by atoms with E-state index in [2.05, 4.69) is 106 Å². The summed E-state index contributed by atoms with van der Waals surface area (Å²) in [6.07, 6.45) is 44.4. The van der Waals surface area contributed by atoms with Gasteiger partial charge in [-0.1, -0.05) is 176 Å². The number of carboxylic acids is 1. The van der Waals surface area contributed by atoms with Gasteiger partial charge in [0.15, 0.2) is 24.6 Å². The molecule has 0 aromatic rings. The fourth-order valence-electron chi connectivity index (χ4n) is 7.43. The third-order valence-corrected chi connectivity index (χ3v) is 11.5. The number of carbonyl (C=O) groups is 4. The number of aliphatic carboxylic acids is 1. The lowest BCUT2D eigenvalue weighted by molar-refractivity contribution is -0.301. The van der Waals surface area contributed by atoms with Gasteiger partial charge in [-0.3, -0.25) is 14.4 Å². The van der Waals surface area contributed by atoms with Crippen molar-refractivity contribution in [2.45, 2.75) is 237 Å². The number of allylic oxidation sites excluding steroid dienone is 14. The standard InChI is InChI=1S/C57H92O12/c1-4-7-10-13-16-19-21-23-24-25-26-28-29-32-34-37-40-43-49(58)65-46-48(67-50(59)44-41-38-36-33-30-27-22-20-17-14-11-8-5-2)47-66-57-55(53(62)52(61)54(69-57)56(63)64)68-51(60)45-42-39-35-31-18-15-12-9-6-3/h7-8,10-11,16-17,19-20,23-24,26-28,30,48,52-55,57,61-62H,4-6,9,12-15,18,21-22,25,29,31-47H2,1-3H3,(H,63,64)/b10-7-,11-8-,19-16-,20-17-,24-23-,28-26-,30-27-. The average Bonchev–Trinajstić information content (AvgIpc) is 3.33. The maximum atomic E-state index is 13.1. The fraction of sp³-hybridized carbons (Fsp3) is 0.684. The molecule has 0 saturated carbocycles. The van der Waals surface area contributed by atoms with Gasteiger partial charge in [-0.25, -0.2) is 4.79 Å². The first-order valence-corrected chi connectivity index (χ1v) is 26.6. The highest BCUT2D eigenvalue weighted by atomic mass is 16.7. The van der Waals surface area contributed by atoms with Crippen molar-refractivity contribution in [1.82, 2.24) is 0 Å². The van der Waals surface area contributed by atoms with Crippen molar-refractivity contribution in [1.29, 1.82) is 0 Å². The van der Waals surface area contributed by atoms with Crippen molar-refractivity contribution in [3.8, 4) is 0 Å². The Morgan fingerprint density at radius 2 is 0.913 bits per heavy atom. The summed E-state index contributed by atoms with van der Waals surface area (Å²) in [5.74, 6) is -3.20. The van der Waals surface area contributed by atoms with Crippen molar-refractivity contribution in [3.05, 3.63) is 85.1 Å². The summed E-state index contributed by atoms with van der Waals surface area (Å²) >= 11 is 0. The third-order valence-electron chi connectivity index (χ3n) is 11.5. The summed E-state index contributed by atoms with van der Waals surface area (Å²) in [7, 11) is 0. The lowest BCUT2D eigenvalue weighted by atomic mass is 9.98. The van der Waals surface area contributed by atoms with E-state index in [0.29, 0.717) is 19.3 Å². The molecule has 69 heavy (non-hydrogen) atoms. The topological polar surface area (TPSA) is 175 Å². The molecule has 1 heterocycles. The average molecular weight is 969 g/mol. The van der Waals surface area contributed by atoms with E-state index < -0.39 is 67.3 Å². The smallest absolute Gasteiger partial charge is 0.335 e. The minimum atomic E-state index is -1.91. The lowest BCUT2D eigenvalue weighted by Crippen LogP contribution is -2.61. The van der Waals surface area contributed by atoms with Crippen LogP contribution in [0.4, 0.5) is 0 Å². The second-order valence-electron chi connectivity index (χ2n) is 17.8. The summed E-state index contributed by atoms with van der Waals surface area (Å²) in [5, 5.41) is 31.3. The number of carboxylic acid groups (broad SMARTS) is 1. The monoisotopic (exact) mass is 969 g/mol. The van der Waals surface area contributed by atoms with Crippen LogP contribution in [-0.2, 0) is 42.9 Å². The molecule has 6 atom stereocenters. The van der Waals surface area contributed by atoms with E-state index in [-0.39, 0.29) is 25.9 Å². The molecule has 0 spiro atoms. The van der Waals surface area contributed by atoms with Crippen LogP contribution in [0, 0.1) is 0 Å². The van der Waals surface area contributed by atoms with Crippen molar-refractivity contribution in [2.75, 3.05) is 13.2 Å². The van der Waals surface area contributed by atoms with Crippen molar-refractivity contribution in [2.24, 2.45) is 0 Å². The molecule has 0 aromatic heterocycles. The SMILES string of the molecule is CC/C=C\C/C=C\C/C=C\C/C=C\CCCCCCC(=O)OCC(COC1OC(C(=O)O)C(O)C(O)C1OC(=O)CCCCCCCCCCC)OC(=O)CCCCC/C=C\C/C=C\C/C=C\CC. The summed E-state index contributed by atoms with van der Waals surface area (Å²) in [4.78, 5) is 50.8. The molecule has 1 aliphatic heterocycles. The Bertz CT molecular complexity index is 1530. The number of aliphatic hydroxyl groups excluding tert-OH is 2. The zero-order valence-corrected chi connectivity index (χ0v) is 42.8. The Balaban J connectivity index is 2.75. The minimum absolute atomic E-state index is 0.0521. The van der Waals surface area contributed by atoms with Crippen LogP contribution in [0.1, 0.15) is 201 Å². The van der Waals surface area contributed by atoms with E-state index in [4.69, 9.17) is 23.7 Å². The van der Waals surface area contributed by atoms with Gasteiger partial charge in [-0.2, -0.15) is 0 Å². The molecule has 0 amide bonds. The molecule has 6 unspecified atom stereocenters. The number of aliphatic hydroxyl groups is 2. The summed E-state index contributed by atoms with van der Waals surface area (Å²) in [6.45, 7) is 5.65. The van der Waals surface area contributed by atoms with E-state index >= 15 is 0 Å². The normalized spacial score (nSPS) is 19.3. The van der Waals surface area contributed by atoms with Crippen LogP contribution in [0.5, 0.6) is 0 Å². The quantitative estimate of drug-likeness (QED) is 0.0229. The molecule has 12 heteroatoms. The predicted molar refractivity (Wildman–Crippen MR) is 275 cm³/mol. The summed E-state index contributed by atoms with van der Waals surface area (Å²) in [5.41, 5.74) is 0. The zero-order valence-electron chi connectivity index (χ0n) is 42.8. The highest BCUT2D eigenvalue weighted by molar-refractivity contribution is 5.74. The van der Waals surface area contributed by atoms with Crippen LogP contribution in [-0.4, -0.2) is 89.2 Å². The fourth-order valence-corrected chi connectivity index (χ4v) is 7.43. The molecular weight excluding hydrogens is 877 g/mol. The van der Waals surface area contributed by atoms with Gasteiger partial charge in [-0.05, 0) is 89.9 Å². The van der Waals surface area contributed by atoms with Crippen LogP contribution in [0.25, 0.3) is 0 Å². The second-order valence-corrected chi connectivity index (χ2v) is 17.8. The molecule has 0 aliphatic carbocycles. The molecule has 1 saturated heterocycles. The Morgan fingerprint density at radius 3 is 1.41 bits per heavy atom. The Kier molecular flexibility index (Phi) is 41.1. The van der Waals surface area contributed by atoms with Crippen LogP contribution in [0.3, 0.4) is 0 Å². The van der Waals surface area contributed by atoms with Gasteiger partial charge in [0.1, 0.15) is 18.8 Å². The van der Waals surface area contributed by atoms with Gasteiger partial charge in [0.2, 0.25) is 0 Å². The van der Waals surface area contributed by atoms with Gasteiger partial charge in [0.05, 0.1) is 6.61 Å². The summed E-state index contributed by atoms with van der Waals surface area (Å²) < 4.78 is 28.2. The number of rotatable bonds is 43. The van der Waals surface area contributed by atoms with Crippen molar-refractivity contribution >= 4 is 23.9 Å². The molecule has 1 aliphatic rings. The maximum absolute atomic E-state index is 13.1. The Hall–Kier alpha value is -4.10. The molecule has 1 rings (SSSR count). The van der Waals surface area contributed by atoms with Gasteiger partial charge in [0, 0.05) is 19.3 Å². The summed E-state index contributed by atoms with van der Waals surface area (Å²) in [6, 6.07) is 0. The van der Waals surface area contributed by atoms with E-state index in [9.17, 15) is 34.5 Å². The molecule has 0 aromatic carbocycles. The van der Waals surface area contributed by atoms with E-state index in [1.807, 2.05) is 0 Å². The Labute approximate surface area is 416 Å². The van der Waals surface area contributed by atoms with Gasteiger partial charge in [-0.15, -0.1) is 0 Å². The molecule has 0 radical (unpaired) electrons. The second kappa shape index (κ2) is 45.1. The van der Waals surface area contributed by atoms with Gasteiger partial charge < -0.3 is 39.0 Å². The number of hydrogen-bond acceptors (Lipinski definition) is 11. The molecule has 0 bridgehead atoms. The highest BCUT2D eigenvalue weighted by Crippen LogP contribution is 2.26. The molecule has 392 valence electrons. The number of unbranched alkanes of at least 4 members (excludes halogenated alkanes) is 15. The Morgan fingerprint density at radius 1 is 0.493 bits per heavy atom. The number of ether oxygens (including phenoxy) is 5. The van der Waals surface area contributed by atoms with Crippen LogP contribution >= 0.6 is 0 Å². The van der Waals surface area contributed by atoms with Crippen LogP contribution in [0.15, 0.2) is 85.1 Å². The number of carbonyl (C=O) groups excluding carboxylic acids is 3. The lowest BCUT2D eigenvalue weighted by Gasteiger charge is -2.40. The zero-order chi connectivity index (χ0) is 50.4. The van der Waals surface area contributed by atoms with E-state index in [1.54, 1.807) is 0 Å². The number of esters is 3.